The van der Waals surface area contributed by atoms with Gasteiger partial charge in [-0.25, -0.2) is 0 Å². The molecule has 1 aliphatic heterocycles. The first-order valence-corrected chi connectivity index (χ1v) is 7.20. The third kappa shape index (κ3) is 3.48. The van der Waals surface area contributed by atoms with Gasteiger partial charge in [-0.05, 0) is 19.4 Å². The maximum atomic E-state index is 6.31. The Kier molecular flexibility index (Phi) is 5.63. The lowest BCUT2D eigenvalue weighted by molar-refractivity contribution is 0.0752. The third-order valence-corrected chi connectivity index (χ3v) is 3.69. The van der Waals surface area contributed by atoms with Gasteiger partial charge in [0.15, 0.2) is 0 Å². The minimum atomic E-state index is 0.0966. The number of rotatable bonds is 7. The SMILES string of the molecule is CCNC(c1c(Cl)cnn1CCOC)C1CCCO1. The Labute approximate surface area is 119 Å². The van der Waals surface area contributed by atoms with Crippen molar-refractivity contribution < 1.29 is 9.47 Å². The van der Waals surface area contributed by atoms with Gasteiger partial charge in [0.1, 0.15) is 0 Å². The fourth-order valence-electron chi connectivity index (χ4n) is 2.53. The molecule has 2 unspecified atom stereocenters. The zero-order valence-electron chi connectivity index (χ0n) is 11.6. The van der Waals surface area contributed by atoms with Crippen LogP contribution in [0.25, 0.3) is 0 Å². The van der Waals surface area contributed by atoms with Gasteiger partial charge in [0, 0.05) is 13.7 Å². The van der Waals surface area contributed by atoms with Crippen LogP contribution in [0, 0.1) is 0 Å². The summed E-state index contributed by atoms with van der Waals surface area (Å²) in [6.45, 7) is 5.11. The monoisotopic (exact) mass is 287 g/mol. The van der Waals surface area contributed by atoms with Crippen molar-refractivity contribution in [3.05, 3.63) is 16.9 Å². The maximum absolute atomic E-state index is 6.31. The summed E-state index contributed by atoms with van der Waals surface area (Å²) >= 11 is 6.31. The molecule has 0 bridgehead atoms. The molecule has 0 spiro atoms. The fourth-order valence-corrected chi connectivity index (χ4v) is 2.79. The molecule has 6 heteroatoms. The van der Waals surface area contributed by atoms with Crippen LogP contribution in [0.15, 0.2) is 6.20 Å². The molecule has 2 atom stereocenters. The van der Waals surface area contributed by atoms with Gasteiger partial charge in [-0.3, -0.25) is 4.68 Å². The second-order valence-electron chi connectivity index (χ2n) is 4.68. The number of methoxy groups -OCH3 is 1. The molecular weight excluding hydrogens is 266 g/mol. The molecule has 0 amide bonds. The van der Waals surface area contributed by atoms with Gasteiger partial charge in [-0.1, -0.05) is 18.5 Å². The summed E-state index contributed by atoms with van der Waals surface area (Å²) in [6.07, 6.45) is 4.04. The number of hydrogen-bond donors (Lipinski definition) is 1. The number of aromatic nitrogens is 2. The van der Waals surface area contributed by atoms with Crippen LogP contribution in [0.2, 0.25) is 5.02 Å². The molecule has 1 aliphatic rings. The number of hydrogen-bond acceptors (Lipinski definition) is 4. The van der Waals surface area contributed by atoms with Crippen molar-refractivity contribution in [3.63, 3.8) is 0 Å². The van der Waals surface area contributed by atoms with E-state index in [1.165, 1.54) is 0 Å². The van der Waals surface area contributed by atoms with E-state index in [9.17, 15) is 0 Å². The molecule has 1 aromatic rings. The largest absolute Gasteiger partial charge is 0.383 e. The highest BCUT2D eigenvalue weighted by atomic mass is 35.5. The predicted octanol–water partition coefficient (Wildman–Crippen LogP) is 2.01. The second-order valence-corrected chi connectivity index (χ2v) is 5.09. The first kappa shape index (κ1) is 14.8. The van der Waals surface area contributed by atoms with E-state index in [2.05, 4.69) is 17.3 Å². The number of halogens is 1. The van der Waals surface area contributed by atoms with E-state index < -0.39 is 0 Å². The van der Waals surface area contributed by atoms with Crippen molar-refractivity contribution in [3.8, 4) is 0 Å². The number of nitrogens with zero attached hydrogens (tertiary/aromatic N) is 2. The molecule has 5 nitrogen and oxygen atoms in total. The number of nitrogens with one attached hydrogen (secondary N) is 1. The molecule has 2 rings (SSSR count). The molecule has 108 valence electrons. The van der Waals surface area contributed by atoms with Crippen LogP contribution in [0.4, 0.5) is 0 Å². The van der Waals surface area contributed by atoms with E-state index in [1.807, 2.05) is 4.68 Å². The van der Waals surface area contributed by atoms with Crippen molar-refractivity contribution in [1.29, 1.82) is 0 Å². The Morgan fingerprint density at radius 1 is 1.68 bits per heavy atom. The van der Waals surface area contributed by atoms with Crippen molar-refractivity contribution in [2.75, 3.05) is 26.9 Å². The summed E-state index contributed by atoms with van der Waals surface area (Å²) in [4.78, 5) is 0. The van der Waals surface area contributed by atoms with E-state index in [0.29, 0.717) is 18.2 Å². The van der Waals surface area contributed by atoms with Crippen molar-refractivity contribution in [2.24, 2.45) is 0 Å². The summed E-state index contributed by atoms with van der Waals surface area (Å²) in [5.74, 6) is 0. The van der Waals surface area contributed by atoms with Crippen LogP contribution in [0.3, 0.4) is 0 Å². The zero-order chi connectivity index (χ0) is 13.7. The van der Waals surface area contributed by atoms with E-state index in [4.69, 9.17) is 21.1 Å². The number of likely N-dealkylation sites (N-methyl/N-ethyl adjacent to an activating group) is 1. The smallest absolute Gasteiger partial charge is 0.0835 e. The average molecular weight is 288 g/mol. The molecule has 0 saturated carbocycles. The minimum Gasteiger partial charge on any atom is -0.383 e. The molecular formula is C13H22ClN3O2. The highest BCUT2D eigenvalue weighted by Crippen LogP contribution is 2.31. The highest BCUT2D eigenvalue weighted by molar-refractivity contribution is 6.31. The van der Waals surface area contributed by atoms with E-state index in [1.54, 1.807) is 13.3 Å². The first-order chi connectivity index (χ1) is 9.27. The summed E-state index contributed by atoms with van der Waals surface area (Å²) in [5.41, 5.74) is 1.01. The second kappa shape index (κ2) is 7.24. The standard InChI is InChI=1S/C13H22ClN3O2/c1-3-15-12(11-5-4-7-19-11)13-10(14)9-16-17(13)6-8-18-2/h9,11-12,15H,3-8H2,1-2H3. The van der Waals surface area contributed by atoms with E-state index in [-0.39, 0.29) is 12.1 Å². The molecule has 1 aromatic heterocycles. The van der Waals surface area contributed by atoms with Crippen LogP contribution in [-0.2, 0) is 16.0 Å². The van der Waals surface area contributed by atoms with Crippen LogP contribution in [0.1, 0.15) is 31.5 Å². The van der Waals surface area contributed by atoms with Crippen LogP contribution >= 0.6 is 11.6 Å². The first-order valence-electron chi connectivity index (χ1n) is 6.83. The van der Waals surface area contributed by atoms with E-state index >= 15 is 0 Å². The van der Waals surface area contributed by atoms with Gasteiger partial charge < -0.3 is 14.8 Å². The maximum Gasteiger partial charge on any atom is 0.0835 e. The Hall–Kier alpha value is -0.620. The summed E-state index contributed by atoms with van der Waals surface area (Å²) in [5, 5.41) is 8.50. The number of ether oxygens (including phenoxy) is 2. The lowest BCUT2D eigenvalue weighted by Gasteiger charge is -2.25. The Morgan fingerprint density at radius 2 is 2.53 bits per heavy atom. The predicted molar refractivity (Wildman–Crippen MR) is 74.5 cm³/mol. The Balaban J connectivity index is 2.21. The molecule has 1 N–H and O–H groups in total. The topological polar surface area (TPSA) is 48.3 Å². The molecule has 1 saturated heterocycles. The van der Waals surface area contributed by atoms with Gasteiger partial charge in [0.2, 0.25) is 0 Å². The lowest BCUT2D eigenvalue weighted by atomic mass is 10.0. The summed E-state index contributed by atoms with van der Waals surface area (Å²) in [6, 6.07) is 0.0966. The lowest BCUT2D eigenvalue weighted by Crippen LogP contribution is -2.34. The molecule has 19 heavy (non-hydrogen) atoms. The van der Waals surface area contributed by atoms with Gasteiger partial charge in [0.05, 0.1) is 42.2 Å². The average Bonchev–Trinajstić information content (AvgIpc) is 3.04. The molecule has 2 heterocycles. The summed E-state index contributed by atoms with van der Waals surface area (Å²) in [7, 11) is 1.69. The molecule has 0 aliphatic carbocycles. The van der Waals surface area contributed by atoms with Gasteiger partial charge >= 0.3 is 0 Å². The van der Waals surface area contributed by atoms with Gasteiger partial charge in [-0.2, -0.15) is 5.10 Å². The van der Waals surface area contributed by atoms with Crippen molar-refractivity contribution >= 4 is 11.6 Å². The van der Waals surface area contributed by atoms with Crippen molar-refractivity contribution in [2.45, 2.75) is 38.5 Å². The van der Waals surface area contributed by atoms with Gasteiger partial charge in [0.25, 0.3) is 0 Å². The third-order valence-electron chi connectivity index (χ3n) is 3.40. The van der Waals surface area contributed by atoms with Crippen molar-refractivity contribution in [1.82, 2.24) is 15.1 Å². The quantitative estimate of drug-likeness (QED) is 0.833. The molecule has 0 aromatic carbocycles. The Morgan fingerprint density at radius 3 is 3.16 bits per heavy atom. The normalized spacial score (nSPS) is 20.9. The van der Waals surface area contributed by atoms with Crippen LogP contribution < -0.4 is 5.32 Å². The van der Waals surface area contributed by atoms with Crippen LogP contribution in [-0.4, -0.2) is 42.8 Å². The minimum absolute atomic E-state index is 0.0966. The van der Waals surface area contributed by atoms with E-state index in [0.717, 1.165) is 31.7 Å². The summed E-state index contributed by atoms with van der Waals surface area (Å²) < 4.78 is 12.8. The Bertz CT molecular complexity index is 391. The fraction of sp³-hybridized carbons (Fsp3) is 0.769. The highest BCUT2D eigenvalue weighted by Gasteiger charge is 2.31. The van der Waals surface area contributed by atoms with Gasteiger partial charge in [-0.15, -0.1) is 0 Å². The van der Waals surface area contributed by atoms with Crippen LogP contribution in [0.5, 0.6) is 0 Å². The zero-order valence-corrected chi connectivity index (χ0v) is 12.3. The molecule has 1 fully saturated rings. The molecule has 0 radical (unpaired) electrons.